The van der Waals surface area contributed by atoms with Gasteiger partial charge in [0.25, 0.3) is 0 Å². The number of rotatable bonds is 11. The fourth-order valence-electron chi connectivity index (χ4n) is 2.64. The predicted octanol–water partition coefficient (Wildman–Crippen LogP) is 1.97. The van der Waals surface area contributed by atoms with Crippen LogP contribution in [0.25, 0.3) is 0 Å². The lowest BCUT2D eigenvalue weighted by Gasteiger charge is -2.36. The van der Waals surface area contributed by atoms with E-state index in [0.29, 0.717) is 19.4 Å². The van der Waals surface area contributed by atoms with Gasteiger partial charge in [0, 0.05) is 6.54 Å². The lowest BCUT2D eigenvalue weighted by Crippen LogP contribution is -2.52. The first-order chi connectivity index (χ1) is 9.85. The van der Waals surface area contributed by atoms with Crippen LogP contribution in [0.3, 0.4) is 0 Å². The predicted molar refractivity (Wildman–Crippen MR) is 89.7 cm³/mol. The van der Waals surface area contributed by atoms with Crippen LogP contribution >= 0.6 is 12.2 Å². The van der Waals surface area contributed by atoms with Crippen LogP contribution in [0.2, 0.25) is 0 Å². The van der Waals surface area contributed by atoms with Gasteiger partial charge in [-0.2, -0.15) is 0 Å². The van der Waals surface area contributed by atoms with Crippen molar-refractivity contribution < 1.29 is 9.59 Å². The number of amides is 2. The summed E-state index contributed by atoms with van der Waals surface area (Å²) in [4.78, 5) is 26.0. The van der Waals surface area contributed by atoms with Crippen LogP contribution < -0.4 is 11.5 Å². The summed E-state index contributed by atoms with van der Waals surface area (Å²) in [5, 5.41) is 0. The summed E-state index contributed by atoms with van der Waals surface area (Å²) in [6.45, 7) is 6.47. The second-order valence-corrected chi connectivity index (χ2v) is 5.93. The number of thiocarbonyl (C=S) groups is 1. The molecular formula is C15H29N3O2S. The maximum Gasteiger partial charge on any atom is 0.237 e. The van der Waals surface area contributed by atoms with Crippen molar-refractivity contribution in [3.63, 3.8) is 0 Å². The molecule has 5 nitrogen and oxygen atoms in total. The zero-order valence-corrected chi connectivity index (χ0v) is 14.3. The quantitative estimate of drug-likeness (QED) is 0.570. The lowest BCUT2D eigenvalue weighted by molar-refractivity contribution is -0.142. The highest BCUT2D eigenvalue weighted by Gasteiger charge is 2.42. The Morgan fingerprint density at radius 3 is 1.90 bits per heavy atom. The van der Waals surface area contributed by atoms with E-state index in [4.69, 9.17) is 23.7 Å². The van der Waals surface area contributed by atoms with Gasteiger partial charge in [0.2, 0.25) is 11.8 Å². The number of hydrogen-bond acceptors (Lipinski definition) is 3. The molecule has 0 atom stereocenters. The summed E-state index contributed by atoms with van der Waals surface area (Å²) in [7, 11) is 0. The summed E-state index contributed by atoms with van der Waals surface area (Å²) >= 11 is 5.20. The molecule has 0 aromatic heterocycles. The molecule has 0 fully saturated rings. The van der Waals surface area contributed by atoms with E-state index in [1.165, 1.54) is 4.90 Å². The molecule has 0 aliphatic rings. The van der Waals surface area contributed by atoms with Crippen LogP contribution in [-0.4, -0.2) is 34.8 Å². The molecule has 0 aliphatic carbocycles. The van der Waals surface area contributed by atoms with E-state index in [9.17, 15) is 9.59 Å². The van der Waals surface area contributed by atoms with Crippen molar-refractivity contribution in [1.82, 2.24) is 4.90 Å². The molecule has 4 N–H and O–H groups in total. The van der Waals surface area contributed by atoms with Crippen LogP contribution in [0.1, 0.15) is 59.3 Å². The van der Waals surface area contributed by atoms with Crippen LogP contribution in [0.15, 0.2) is 0 Å². The van der Waals surface area contributed by atoms with Gasteiger partial charge in [0.05, 0.1) is 16.9 Å². The summed E-state index contributed by atoms with van der Waals surface area (Å²) in [6.07, 6.45) is 4.59. The highest BCUT2D eigenvalue weighted by molar-refractivity contribution is 7.80. The average molecular weight is 315 g/mol. The molecule has 6 heteroatoms. The molecule has 2 amide bonds. The summed E-state index contributed by atoms with van der Waals surface area (Å²) in [6, 6.07) is 0. The van der Waals surface area contributed by atoms with Gasteiger partial charge in [-0.05, 0) is 19.3 Å². The van der Waals surface area contributed by atoms with Gasteiger partial charge in [-0.25, -0.2) is 0 Å². The molecule has 0 bridgehead atoms. The monoisotopic (exact) mass is 315 g/mol. The van der Waals surface area contributed by atoms with Crippen LogP contribution in [-0.2, 0) is 9.59 Å². The SMILES string of the molecule is CCCCN(CC(N)=O)C(=O)C(CCC)(CCC)C(N)=S. The molecule has 21 heavy (non-hydrogen) atoms. The van der Waals surface area contributed by atoms with E-state index in [0.717, 1.165) is 25.7 Å². The van der Waals surface area contributed by atoms with Gasteiger partial charge in [0.15, 0.2) is 0 Å². The maximum atomic E-state index is 13.0. The van der Waals surface area contributed by atoms with Crippen molar-refractivity contribution in [3.8, 4) is 0 Å². The summed E-state index contributed by atoms with van der Waals surface area (Å²) in [5.41, 5.74) is 10.3. The Balaban J connectivity index is 5.43. The number of unbranched alkanes of at least 4 members (excludes halogenated alkanes) is 1. The van der Waals surface area contributed by atoms with E-state index >= 15 is 0 Å². The first kappa shape index (κ1) is 19.8. The average Bonchev–Trinajstić information content (AvgIpc) is 2.41. The van der Waals surface area contributed by atoms with Gasteiger partial charge >= 0.3 is 0 Å². The fraction of sp³-hybridized carbons (Fsp3) is 0.800. The topological polar surface area (TPSA) is 89.4 Å². The number of nitrogens with two attached hydrogens (primary N) is 2. The third kappa shape index (κ3) is 5.61. The summed E-state index contributed by atoms with van der Waals surface area (Å²) in [5.74, 6) is -0.657. The molecule has 0 saturated carbocycles. The molecule has 0 aromatic carbocycles. The van der Waals surface area contributed by atoms with Gasteiger partial charge < -0.3 is 16.4 Å². The smallest absolute Gasteiger partial charge is 0.237 e. The van der Waals surface area contributed by atoms with Crippen molar-refractivity contribution >= 4 is 29.0 Å². The van der Waals surface area contributed by atoms with Gasteiger partial charge in [-0.1, -0.05) is 52.3 Å². The van der Waals surface area contributed by atoms with Crippen LogP contribution in [0, 0.1) is 5.41 Å². The Morgan fingerprint density at radius 1 is 1.05 bits per heavy atom. The molecule has 122 valence electrons. The standard InChI is InChI=1S/C15H29N3O2S/c1-4-7-10-18(11-12(16)19)14(20)15(8-5-2,9-6-3)13(17)21/h4-11H2,1-3H3,(H2,16,19)(H2,17,21). The van der Waals surface area contributed by atoms with Crippen molar-refractivity contribution in [1.29, 1.82) is 0 Å². The highest BCUT2D eigenvalue weighted by Crippen LogP contribution is 2.33. The molecule has 0 spiro atoms. The van der Waals surface area contributed by atoms with Crippen LogP contribution in [0.4, 0.5) is 0 Å². The molecule has 0 radical (unpaired) electrons. The number of nitrogens with zero attached hydrogens (tertiary/aromatic N) is 1. The second kappa shape index (κ2) is 9.71. The van der Waals surface area contributed by atoms with Gasteiger partial charge in [-0.15, -0.1) is 0 Å². The Bertz CT molecular complexity index is 366. The minimum absolute atomic E-state index is 0.0728. The van der Waals surface area contributed by atoms with E-state index in [1.807, 2.05) is 20.8 Å². The fourth-order valence-corrected chi connectivity index (χ4v) is 2.93. The Hall–Kier alpha value is -1.17. The van der Waals surface area contributed by atoms with E-state index < -0.39 is 11.3 Å². The number of carbonyl (C=O) groups is 2. The van der Waals surface area contributed by atoms with Crippen molar-refractivity contribution in [3.05, 3.63) is 0 Å². The number of hydrogen-bond donors (Lipinski definition) is 2. The number of primary amides is 1. The van der Waals surface area contributed by atoms with E-state index in [-0.39, 0.29) is 17.4 Å². The summed E-state index contributed by atoms with van der Waals surface area (Å²) < 4.78 is 0. The minimum atomic E-state index is -0.845. The first-order valence-corrected chi connectivity index (χ1v) is 8.14. The molecule has 0 unspecified atom stereocenters. The molecule has 0 aromatic rings. The second-order valence-electron chi connectivity index (χ2n) is 5.49. The van der Waals surface area contributed by atoms with Crippen LogP contribution in [0.5, 0.6) is 0 Å². The van der Waals surface area contributed by atoms with Gasteiger partial charge in [-0.3, -0.25) is 9.59 Å². The van der Waals surface area contributed by atoms with Gasteiger partial charge in [0.1, 0.15) is 0 Å². The maximum absolute atomic E-state index is 13.0. The molecule has 0 heterocycles. The third-order valence-electron chi connectivity index (χ3n) is 3.65. The Labute approximate surface area is 133 Å². The lowest BCUT2D eigenvalue weighted by atomic mass is 9.77. The Kier molecular flexibility index (Phi) is 9.17. The molecule has 0 saturated heterocycles. The van der Waals surface area contributed by atoms with Crippen molar-refractivity contribution in [2.75, 3.05) is 13.1 Å². The third-order valence-corrected chi connectivity index (χ3v) is 4.04. The molecular weight excluding hydrogens is 286 g/mol. The zero-order chi connectivity index (χ0) is 16.5. The van der Waals surface area contributed by atoms with E-state index in [2.05, 4.69) is 0 Å². The van der Waals surface area contributed by atoms with Crippen molar-refractivity contribution in [2.45, 2.75) is 59.3 Å². The Morgan fingerprint density at radius 2 is 1.57 bits per heavy atom. The minimum Gasteiger partial charge on any atom is -0.392 e. The zero-order valence-electron chi connectivity index (χ0n) is 13.5. The van der Waals surface area contributed by atoms with Crippen molar-refractivity contribution in [2.24, 2.45) is 16.9 Å². The first-order valence-electron chi connectivity index (χ1n) is 7.73. The normalized spacial score (nSPS) is 11.2. The van der Waals surface area contributed by atoms with E-state index in [1.54, 1.807) is 0 Å². The highest BCUT2D eigenvalue weighted by atomic mass is 32.1. The molecule has 0 rings (SSSR count). The molecule has 0 aliphatic heterocycles. The largest absolute Gasteiger partial charge is 0.392 e. The number of carbonyl (C=O) groups excluding carboxylic acids is 2.